The number of carbonyl (C=O) groups excluding carboxylic acids is 1. The summed E-state index contributed by atoms with van der Waals surface area (Å²) in [6.07, 6.45) is 0.209. The predicted octanol–water partition coefficient (Wildman–Crippen LogP) is 1.78. The molecule has 0 spiro atoms. The maximum atomic E-state index is 12.0. The molecule has 0 atom stereocenters. The summed E-state index contributed by atoms with van der Waals surface area (Å²) < 4.78 is 31.5. The van der Waals surface area contributed by atoms with Crippen LogP contribution in [0.2, 0.25) is 0 Å². The van der Waals surface area contributed by atoms with Gasteiger partial charge < -0.3 is 10.5 Å². The quantitative estimate of drug-likeness (QED) is 0.540. The van der Waals surface area contributed by atoms with Crippen LogP contribution < -0.4 is 10.5 Å². The number of anilines is 1. The first-order valence-corrected chi connectivity index (χ1v) is 8.77. The van der Waals surface area contributed by atoms with Crippen molar-refractivity contribution in [3.8, 4) is 0 Å². The van der Waals surface area contributed by atoms with Crippen LogP contribution in [0.1, 0.15) is 18.4 Å². The topological polar surface area (TPSA) is 98.5 Å². The molecule has 0 aliphatic carbocycles. The molecule has 0 bridgehead atoms. The lowest BCUT2D eigenvalue weighted by Gasteiger charge is -2.12. The lowest BCUT2D eigenvalue weighted by atomic mass is 10.2. The lowest BCUT2D eigenvalue weighted by molar-refractivity contribution is -0.140. The van der Waals surface area contributed by atoms with Crippen molar-refractivity contribution in [1.82, 2.24) is 0 Å². The molecule has 0 aliphatic heterocycles. The molecule has 9 heteroatoms. The minimum absolute atomic E-state index is 0.0416. The molecule has 21 heavy (non-hydrogen) atoms. The molecule has 0 fully saturated rings. The van der Waals surface area contributed by atoms with Gasteiger partial charge in [-0.3, -0.25) is 9.52 Å². The van der Waals surface area contributed by atoms with Crippen molar-refractivity contribution in [3.63, 3.8) is 0 Å². The van der Waals surface area contributed by atoms with Crippen molar-refractivity contribution >= 4 is 54.8 Å². The van der Waals surface area contributed by atoms with Crippen LogP contribution in [0.25, 0.3) is 0 Å². The molecule has 0 unspecified atom stereocenters. The molecule has 0 aromatic heterocycles. The summed E-state index contributed by atoms with van der Waals surface area (Å²) in [6.45, 7) is 0. The summed E-state index contributed by atoms with van der Waals surface area (Å²) in [6, 6.07) is 4.87. The fraction of sp³-hybridized carbons (Fsp3) is 0.333. The average molecular weight is 395 g/mol. The minimum atomic E-state index is -3.60. The zero-order chi connectivity index (χ0) is 16.0. The summed E-state index contributed by atoms with van der Waals surface area (Å²) in [7, 11) is -2.34. The van der Waals surface area contributed by atoms with Crippen LogP contribution in [0.5, 0.6) is 0 Å². The highest BCUT2D eigenvalue weighted by molar-refractivity contribution is 9.10. The lowest BCUT2D eigenvalue weighted by Crippen LogP contribution is -2.20. The molecule has 0 aliphatic rings. The maximum absolute atomic E-state index is 12.0. The number of thiocarbonyl (C=S) groups is 1. The van der Waals surface area contributed by atoms with E-state index in [1.165, 1.54) is 7.11 Å². The van der Waals surface area contributed by atoms with Gasteiger partial charge in [0.1, 0.15) is 4.99 Å². The van der Waals surface area contributed by atoms with E-state index in [9.17, 15) is 13.2 Å². The van der Waals surface area contributed by atoms with Gasteiger partial charge in [0.15, 0.2) is 0 Å². The third kappa shape index (κ3) is 5.98. The number of halogens is 1. The second-order valence-corrected chi connectivity index (χ2v) is 7.35. The average Bonchev–Trinajstić information content (AvgIpc) is 2.39. The van der Waals surface area contributed by atoms with E-state index in [4.69, 9.17) is 18.0 Å². The number of rotatable bonds is 7. The van der Waals surface area contributed by atoms with Crippen molar-refractivity contribution in [3.05, 3.63) is 28.2 Å². The van der Waals surface area contributed by atoms with Gasteiger partial charge in [0.25, 0.3) is 0 Å². The first kappa shape index (κ1) is 17.9. The molecule has 0 amide bonds. The highest BCUT2D eigenvalue weighted by atomic mass is 79.9. The summed E-state index contributed by atoms with van der Waals surface area (Å²) in [5.41, 5.74) is 6.31. The van der Waals surface area contributed by atoms with Gasteiger partial charge in [-0.05, 0) is 24.6 Å². The molecule has 0 heterocycles. The Balaban J connectivity index is 2.80. The van der Waals surface area contributed by atoms with Gasteiger partial charge in [0.2, 0.25) is 10.0 Å². The van der Waals surface area contributed by atoms with Crippen LogP contribution in [0.4, 0.5) is 5.69 Å². The molecule has 6 nitrogen and oxygen atoms in total. The van der Waals surface area contributed by atoms with Crippen molar-refractivity contribution < 1.29 is 17.9 Å². The van der Waals surface area contributed by atoms with Gasteiger partial charge >= 0.3 is 5.97 Å². The van der Waals surface area contributed by atoms with Crippen LogP contribution in [-0.2, 0) is 19.6 Å². The third-order valence-electron chi connectivity index (χ3n) is 2.53. The highest BCUT2D eigenvalue weighted by Gasteiger charge is 2.15. The summed E-state index contributed by atoms with van der Waals surface area (Å²) >= 11 is 8.16. The van der Waals surface area contributed by atoms with Crippen molar-refractivity contribution in [2.45, 2.75) is 12.8 Å². The van der Waals surface area contributed by atoms with Gasteiger partial charge in [-0.2, -0.15) is 0 Å². The zero-order valence-electron chi connectivity index (χ0n) is 11.3. The van der Waals surface area contributed by atoms with Crippen LogP contribution >= 0.6 is 28.1 Å². The van der Waals surface area contributed by atoms with Crippen LogP contribution in [0.3, 0.4) is 0 Å². The number of benzene rings is 1. The molecule has 0 radical (unpaired) electrons. The monoisotopic (exact) mass is 394 g/mol. The predicted molar refractivity (Wildman–Crippen MR) is 88.7 cm³/mol. The number of sulfonamides is 1. The Labute approximate surface area is 137 Å². The van der Waals surface area contributed by atoms with E-state index < -0.39 is 16.0 Å². The number of hydrogen-bond acceptors (Lipinski definition) is 5. The molecule has 0 saturated heterocycles. The summed E-state index contributed by atoms with van der Waals surface area (Å²) in [5, 5.41) is 0. The van der Waals surface area contributed by atoms with E-state index in [0.29, 0.717) is 11.3 Å². The Bertz CT molecular complexity index is 647. The third-order valence-corrected chi connectivity index (χ3v) is 4.60. The molecule has 1 rings (SSSR count). The fourth-order valence-corrected chi connectivity index (χ4v) is 3.21. The SMILES string of the molecule is COC(=O)CCCS(=O)(=O)Nc1ccc(Br)cc1C(N)=S. The van der Waals surface area contributed by atoms with Crippen LogP contribution in [-0.4, -0.2) is 32.2 Å². The van der Waals surface area contributed by atoms with Crippen molar-refractivity contribution in [2.75, 3.05) is 17.6 Å². The van der Waals surface area contributed by atoms with Crippen molar-refractivity contribution in [2.24, 2.45) is 5.73 Å². The Morgan fingerprint density at radius 3 is 2.71 bits per heavy atom. The number of hydrogen-bond donors (Lipinski definition) is 2. The molecular formula is C12H15BrN2O4S2. The summed E-state index contributed by atoms with van der Waals surface area (Å²) in [4.78, 5) is 11.0. The van der Waals surface area contributed by atoms with Crippen LogP contribution in [0.15, 0.2) is 22.7 Å². The Morgan fingerprint density at radius 1 is 1.48 bits per heavy atom. The molecule has 1 aromatic rings. The normalized spacial score (nSPS) is 11.0. The number of nitrogens with one attached hydrogen (secondary N) is 1. The largest absolute Gasteiger partial charge is 0.469 e. The van der Waals surface area contributed by atoms with E-state index in [0.717, 1.165) is 4.47 Å². The Hall–Kier alpha value is -1.19. The van der Waals surface area contributed by atoms with Gasteiger partial charge in [-0.15, -0.1) is 0 Å². The van der Waals surface area contributed by atoms with Gasteiger partial charge in [-0.1, -0.05) is 28.1 Å². The first-order chi connectivity index (χ1) is 9.75. The second-order valence-electron chi connectivity index (χ2n) is 4.15. The number of esters is 1. The molecular weight excluding hydrogens is 380 g/mol. The van der Waals surface area contributed by atoms with Gasteiger partial charge in [-0.25, -0.2) is 8.42 Å². The second kappa shape index (κ2) is 7.71. The molecule has 116 valence electrons. The Morgan fingerprint density at radius 2 is 2.14 bits per heavy atom. The van der Waals surface area contributed by atoms with E-state index in [2.05, 4.69) is 25.4 Å². The summed E-state index contributed by atoms with van der Waals surface area (Å²) in [5.74, 6) is -0.646. The zero-order valence-corrected chi connectivity index (χ0v) is 14.5. The van der Waals surface area contributed by atoms with Crippen molar-refractivity contribution in [1.29, 1.82) is 0 Å². The Kier molecular flexibility index (Phi) is 6.56. The standard InChI is InChI=1S/C12H15BrN2O4S2/c1-19-11(16)3-2-6-21(17,18)15-10-5-4-8(13)7-9(10)12(14)20/h4-5,7,15H,2-3,6H2,1H3,(H2,14,20). The molecule has 3 N–H and O–H groups in total. The fourth-order valence-electron chi connectivity index (χ4n) is 1.54. The van der Waals surface area contributed by atoms with E-state index in [-0.39, 0.29) is 23.6 Å². The number of nitrogens with two attached hydrogens (primary N) is 1. The van der Waals surface area contributed by atoms with E-state index >= 15 is 0 Å². The van der Waals surface area contributed by atoms with E-state index in [1.54, 1.807) is 18.2 Å². The van der Waals surface area contributed by atoms with Gasteiger partial charge in [0, 0.05) is 16.5 Å². The smallest absolute Gasteiger partial charge is 0.305 e. The van der Waals surface area contributed by atoms with E-state index in [1.807, 2.05) is 0 Å². The minimum Gasteiger partial charge on any atom is -0.469 e. The molecule has 0 saturated carbocycles. The maximum Gasteiger partial charge on any atom is 0.305 e. The van der Waals surface area contributed by atoms with Crippen LogP contribution in [0, 0.1) is 0 Å². The van der Waals surface area contributed by atoms with Gasteiger partial charge in [0.05, 0.1) is 18.6 Å². The number of methoxy groups -OCH3 is 1. The highest BCUT2D eigenvalue weighted by Crippen LogP contribution is 2.22. The first-order valence-electron chi connectivity index (χ1n) is 5.92. The molecule has 1 aromatic carbocycles. The number of ether oxygens (including phenoxy) is 1. The number of carbonyl (C=O) groups is 1.